The van der Waals surface area contributed by atoms with Crippen LogP contribution in [0.3, 0.4) is 0 Å². The van der Waals surface area contributed by atoms with E-state index in [4.69, 9.17) is 0 Å². The van der Waals surface area contributed by atoms with Crippen LogP contribution >= 0.6 is 0 Å². The number of nitrogens with one attached hydrogen (secondary N) is 1. The summed E-state index contributed by atoms with van der Waals surface area (Å²) in [6.45, 7) is 4.96. The molecule has 0 aromatic rings. The number of hydrogen-bond acceptors (Lipinski definition) is 2. The number of carbonyl (C=O) groups excluding carboxylic acids is 1. The van der Waals surface area contributed by atoms with Crippen molar-refractivity contribution in [3.8, 4) is 0 Å². The van der Waals surface area contributed by atoms with Gasteiger partial charge in [-0.25, -0.2) is 0 Å². The second kappa shape index (κ2) is 35.4. The number of nitrogens with zero attached hydrogens (tertiary/aromatic N) is 1. The van der Waals surface area contributed by atoms with Gasteiger partial charge < -0.3 is 10.2 Å². The largest absolute Gasteiger partial charge is 0.352 e. The van der Waals surface area contributed by atoms with Gasteiger partial charge in [0.15, 0.2) is 0 Å². The van der Waals surface area contributed by atoms with Crippen LogP contribution in [0.4, 0.5) is 0 Å². The van der Waals surface area contributed by atoms with Crippen LogP contribution in [0.2, 0.25) is 0 Å². The summed E-state index contributed by atoms with van der Waals surface area (Å²) in [4.78, 5) is 14.4. The van der Waals surface area contributed by atoms with E-state index in [0.717, 1.165) is 32.1 Å². The third kappa shape index (κ3) is 34.4. The molecule has 252 valence electrons. The molecule has 0 fully saturated rings. The molecule has 0 aliphatic carbocycles. The van der Waals surface area contributed by atoms with Crippen LogP contribution in [0.5, 0.6) is 0 Å². The maximum Gasteiger partial charge on any atom is 0.234 e. The van der Waals surface area contributed by atoms with Crippen LogP contribution in [0.25, 0.3) is 0 Å². The van der Waals surface area contributed by atoms with Crippen LogP contribution in [-0.4, -0.2) is 37.5 Å². The van der Waals surface area contributed by atoms with Gasteiger partial charge >= 0.3 is 0 Å². The quantitative estimate of drug-likeness (QED) is 0.0367. The van der Waals surface area contributed by atoms with Crippen LogP contribution in [0.15, 0.2) is 60.1 Å². The molecular weight excluding hydrogens is 536 g/mol. The SMILES string of the molecule is CCCCC=C=CC=C=CCCCCCCCCC(CCCCCCCC/C=C\C/C=C\CCCCC)NC(=O)CN(C)C. The Hall–Kier alpha value is -2.05. The fourth-order valence-electron chi connectivity index (χ4n) is 5.28. The van der Waals surface area contributed by atoms with Gasteiger partial charge in [0.25, 0.3) is 0 Å². The molecule has 3 nitrogen and oxygen atoms in total. The smallest absolute Gasteiger partial charge is 0.234 e. The first-order chi connectivity index (χ1) is 21.6. The third-order valence-corrected chi connectivity index (χ3v) is 7.94. The number of likely N-dealkylation sites (N-methyl/N-ethyl adjacent to an activating group) is 1. The van der Waals surface area contributed by atoms with Crippen LogP contribution in [0.1, 0.15) is 168 Å². The number of carbonyl (C=O) groups is 1. The standard InChI is InChI=1S/C41H72N2O/c1-5-7-9-11-13-15-17-19-21-23-25-27-29-31-33-35-37-40(42-41(44)39-43(3)4)38-36-34-32-30-28-26-24-22-20-18-16-14-12-10-8-6-2/h11,14-17,20-22,40H,5-10,12,18,23-39H2,1-4H3,(H,42,44)/b16-14-,22-20-. The molecule has 1 unspecified atom stereocenters. The van der Waals surface area contributed by atoms with E-state index in [1.165, 1.54) is 122 Å². The molecule has 0 saturated carbocycles. The summed E-state index contributed by atoms with van der Waals surface area (Å²) >= 11 is 0. The molecule has 1 N–H and O–H groups in total. The third-order valence-electron chi connectivity index (χ3n) is 7.94. The summed E-state index contributed by atoms with van der Waals surface area (Å²) in [7, 11) is 3.93. The summed E-state index contributed by atoms with van der Waals surface area (Å²) in [5, 5.41) is 3.34. The highest BCUT2D eigenvalue weighted by molar-refractivity contribution is 5.78. The monoisotopic (exact) mass is 609 g/mol. The molecule has 3 heteroatoms. The minimum Gasteiger partial charge on any atom is -0.352 e. The lowest BCUT2D eigenvalue weighted by atomic mass is 9.99. The van der Waals surface area contributed by atoms with Gasteiger partial charge in [0.05, 0.1) is 6.54 Å². The lowest BCUT2D eigenvalue weighted by Gasteiger charge is -2.20. The Labute approximate surface area is 275 Å². The highest BCUT2D eigenvalue weighted by atomic mass is 16.2. The minimum absolute atomic E-state index is 0.171. The Morgan fingerprint density at radius 1 is 0.591 bits per heavy atom. The van der Waals surface area contributed by atoms with Gasteiger partial charge in [-0.1, -0.05) is 122 Å². The molecule has 1 amide bonds. The summed E-state index contributed by atoms with van der Waals surface area (Å²) in [5.41, 5.74) is 6.44. The summed E-state index contributed by atoms with van der Waals surface area (Å²) in [5.74, 6) is 0.171. The summed E-state index contributed by atoms with van der Waals surface area (Å²) in [6, 6.07) is 0.334. The molecular formula is C41H72N2O. The van der Waals surface area contributed by atoms with E-state index in [1.807, 2.05) is 31.1 Å². The van der Waals surface area contributed by atoms with Gasteiger partial charge in [0.2, 0.25) is 5.91 Å². The number of rotatable bonds is 31. The molecule has 0 bridgehead atoms. The van der Waals surface area contributed by atoms with E-state index < -0.39 is 0 Å². The molecule has 0 aromatic carbocycles. The number of allylic oxidation sites excluding steroid dienone is 6. The molecule has 0 aromatic heterocycles. The zero-order valence-corrected chi connectivity index (χ0v) is 29.7. The van der Waals surface area contributed by atoms with Crippen molar-refractivity contribution >= 4 is 5.91 Å². The van der Waals surface area contributed by atoms with E-state index in [1.54, 1.807) is 0 Å². The summed E-state index contributed by atoms with van der Waals surface area (Å²) < 4.78 is 0. The van der Waals surface area contributed by atoms with Crippen LogP contribution < -0.4 is 5.32 Å². The van der Waals surface area contributed by atoms with Crippen molar-refractivity contribution in [2.45, 2.75) is 174 Å². The van der Waals surface area contributed by atoms with E-state index in [2.05, 4.69) is 67.1 Å². The zero-order chi connectivity index (χ0) is 32.2. The highest BCUT2D eigenvalue weighted by Gasteiger charge is 2.12. The molecule has 0 aliphatic heterocycles. The molecule has 0 spiro atoms. The first kappa shape index (κ1) is 42.0. The Morgan fingerprint density at radius 2 is 1.05 bits per heavy atom. The molecule has 0 saturated heterocycles. The molecule has 0 rings (SSSR count). The lowest BCUT2D eigenvalue weighted by Crippen LogP contribution is -2.40. The van der Waals surface area contributed by atoms with Gasteiger partial charge in [-0.3, -0.25) is 4.79 Å². The van der Waals surface area contributed by atoms with Crippen molar-refractivity contribution in [2.24, 2.45) is 0 Å². The van der Waals surface area contributed by atoms with E-state index in [-0.39, 0.29) is 5.91 Å². The minimum atomic E-state index is 0.171. The average molecular weight is 609 g/mol. The van der Waals surface area contributed by atoms with E-state index in [0.29, 0.717) is 12.6 Å². The van der Waals surface area contributed by atoms with E-state index in [9.17, 15) is 4.79 Å². The second-order valence-electron chi connectivity index (χ2n) is 12.8. The zero-order valence-electron chi connectivity index (χ0n) is 29.7. The van der Waals surface area contributed by atoms with Crippen LogP contribution in [-0.2, 0) is 4.79 Å². The van der Waals surface area contributed by atoms with Gasteiger partial charge in [0, 0.05) is 6.04 Å². The highest BCUT2D eigenvalue weighted by Crippen LogP contribution is 2.15. The van der Waals surface area contributed by atoms with Gasteiger partial charge in [0.1, 0.15) is 0 Å². The summed E-state index contributed by atoms with van der Waals surface area (Å²) in [6.07, 6.45) is 47.4. The van der Waals surface area contributed by atoms with Crippen molar-refractivity contribution in [3.05, 3.63) is 60.1 Å². The van der Waals surface area contributed by atoms with Crippen molar-refractivity contribution < 1.29 is 4.79 Å². The maximum atomic E-state index is 12.4. The fraction of sp³-hybridized carbons (Fsp3) is 0.732. The van der Waals surface area contributed by atoms with Crippen molar-refractivity contribution in [3.63, 3.8) is 0 Å². The molecule has 44 heavy (non-hydrogen) atoms. The number of hydrogen-bond donors (Lipinski definition) is 1. The Morgan fingerprint density at radius 3 is 1.57 bits per heavy atom. The molecule has 0 aliphatic rings. The number of amides is 1. The Balaban J connectivity index is 3.97. The molecule has 1 atom stereocenters. The first-order valence-electron chi connectivity index (χ1n) is 18.6. The fourth-order valence-corrected chi connectivity index (χ4v) is 5.28. The van der Waals surface area contributed by atoms with Crippen molar-refractivity contribution in [1.82, 2.24) is 10.2 Å². The molecule has 0 radical (unpaired) electrons. The van der Waals surface area contributed by atoms with E-state index >= 15 is 0 Å². The average Bonchev–Trinajstić information content (AvgIpc) is 3.00. The number of unbranched alkanes of at least 4 members (excludes halogenated alkanes) is 17. The van der Waals surface area contributed by atoms with Gasteiger partial charge in [-0.2, -0.15) is 0 Å². The predicted molar refractivity (Wildman–Crippen MR) is 196 cm³/mol. The van der Waals surface area contributed by atoms with Crippen LogP contribution in [0, 0.1) is 0 Å². The van der Waals surface area contributed by atoms with Gasteiger partial charge in [-0.15, -0.1) is 11.5 Å². The Kier molecular flexibility index (Phi) is 33.8. The van der Waals surface area contributed by atoms with Crippen molar-refractivity contribution in [2.75, 3.05) is 20.6 Å². The second-order valence-corrected chi connectivity index (χ2v) is 12.8. The lowest BCUT2D eigenvalue weighted by molar-refractivity contribution is -0.122. The van der Waals surface area contributed by atoms with Crippen molar-refractivity contribution in [1.29, 1.82) is 0 Å². The first-order valence-corrected chi connectivity index (χ1v) is 18.6. The topological polar surface area (TPSA) is 32.3 Å². The maximum absolute atomic E-state index is 12.4. The Bertz CT molecular complexity index is 808. The molecule has 0 heterocycles. The predicted octanol–water partition coefficient (Wildman–Crippen LogP) is 12.0. The normalized spacial score (nSPS) is 11.9. The van der Waals surface area contributed by atoms with Gasteiger partial charge in [-0.05, 0) is 109 Å².